The lowest BCUT2D eigenvalue weighted by Crippen LogP contribution is -2.34. The number of hydrogen-bond acceptors (Lipinski definition) is 4. The molecule has 1 aromatic carbocycles. The highest BCUT2D eigenvalue weighted by atomic mass is 35.5. The van der Waals surface area contributed by atoms with Crippen molar-refractivity contribution in [2.24, 2.45) is 7.05 Å². The summed E-state index contributed by atoms with van der Waals surface area (Å²) in [5, 5.41) is 1.13. The summed E-state index contributed by atoms with van der Waals surface area (Å²) in [6, 6.07) is 11.2. The molecule has 3 aromatic rings. The number of aryl methyl sites for hydroxylation is 1. The van der Waals surface area contributed by atoms with E-state index in [-0.39, 0.29) is 16.8 Å². The van der Waals surface area contributed by atoms with Gasteiger partial charge in [-0.2, -0.15) is 0 Å². The van der Waals surface area contributed by atoms with Gasteiger partial charge in [-0.15, -0.1) is 11.3 Å². The minimum absolute atomic E-state index is 0.0868. The van der Waals surface area contributed by atoms with Crippen molar-refractivity contribution in [2.75, 3.05) is 20.6 Å². The fraction of sp³-hybridized carbons (Fsp3) is 0.294. The zero-order chi connectivity index (χ0) is 18.2. The molecule has 0 spiro atoms. The first-order chi connectivity index (χ1) is 11.8. The zero-order valence-electron chi connectivity index (χ0n) is 14.2. The molecule has 0 amide bonds. The number of fused-ring (bicyclic) bond motifs is 1. The van der Waals surface area contributed by atoms with Crippen molar-refractivity contribution in [1.29, 1.82) is 0 Å². The molecule has 0 aliphatic heterocycles. The van der Waals surface area contributed by atoms with Gasteiger partial charge in [0.05, 0.1) is 4.34 Å². The van der Waals surface area contributed by atoms with E-state index in [0.29, 0.717) is 4.34 Å². The normalized spacial score (nSPS) is 13.6. The minimum Gasteiger partial charge on any atom is -0.350 e. The summed E-state index contributed by atoms with van der Waals surface area (Å²) >= 11 is 6.91. The number of rotatable bonds is 6. The van der Waals surface area contributed by atoms with Crippen LogP contribution in [0.5, 0.6) is 0 Å². The standard InChI is InChI=1S/C17H20ClN3O2S2/c1-20(2)15(10-19-25(22,23)17-9-8-16(18)24-17)13-11-21(3)14-7-5-4-6-12(13)14/h4-9,11,15,19H,10H2,1-3H3. The summed E-state index contributed by atoms with van der Waals surface area (Å²) in [6.07, 6.45) is 2.06. The number of nitrogens with one attached hydrogen (secondary N) is 1. The third-order valence-corrected chi connectivity index (χ3v) is 7.34. The van der Waals surface area contributed by atoms with Crippen LogP contribution in [0.15, 0.2) is 46.8 Å². The predicted octanol–water partition coefficient (Wildman–Crippen LogP) is 3.47. The van der Waals surface area contributed by atoms with E-state index in [1.54, 1.807) is 6.07 Å². The summed E-state index contributed by atoms with van der Waals surface area (Å²) in [5.41, 5.74) is 2.22. The van der Waals surface area contributed by atoms with Crippen molar-refractivity contribution >= 4 is 43.9 Å². The van der Waals surface area contributed by atoms with Gasteiger partial charge in [0, 0.05) is 36.7 Å². The van der Waals surface area contributed by atoms with Crippen LogP contribution < -0.4 is 4.72 Å². The van der Waals surface area contributed by atoms with E-state index in [2.05, 4.69) is 27.6 Å². The van der Waals surface area contributed by atoms with E-state index in [1.165, 1.54) is 6.07 Å². The lowest BCUT2D eigenvalue weighted by atomic mass is 10.1. The molecule has 2 aromatic heterocycles. The molecule has 134 valence electrons. The Morgan fingerprint density at radius 3 is 2.60 bits per heavy atom. The average molecular weight is 398 g/mol. The number of nitrogens with zero attached hydrogens (tertiary/aromatic N) is 2. The molecule has 0 aliphatic rings. The summed E-state index contributed by atoms with van der Waals surface area (Å²) < 4.78 is 30.4. The molecule has 3 rings (SSSR count). The van der Waals surface area contributed by atoms with Crippen molar-refractivity contribution < 1.29 is 8.42 Å². The second-order valence-electron chi connectivity index (χ2n) is 6.10. The molecule has 1 atom stereocenters. The molecule has 5 nitrogen and oxygen atoms in total. The molecule has 1 N–H and O–H groups in total. The van der Waals surface area contributed by atoms with Crippen LogP contribution >= 0.6 is 22.9 Å². The van der Waals surface area contributed by atoms with Gasteiger partial charge >= 0.3 is 0 Å². The topological polar surface area (TPSA) is 54.3 Å². The first-order valence-electron chi connectivity index (χ1n) is 7.75. The minimum atomic E-state index is -3.57. The summed E-state index contributed by atoms with van der Waals surface area (Å²) in [5.74, 6) is 0. The number of halogens is 1. The Balaban J connectivity index is 1.89. The first-order valence-corrected chi connectivity index (χ1v) is 10.4. The molecule has 25 heavy (non-hydrogen) atoms. The second kappa shape index (κ2) is 7.09. The number of sulfonamides is 1. The Bertz CT molecular complexity index is 992. The quantitative estimate of drug-likeness (QED) is 0.692. The lowest BCUT2D eigenvalue weighted by Gasteiger charge is -2.24. The van der Waals surface area contributed by atoms with Gasteiger partial charge in [-0.05, 0) is 37.9 Å². The van der Waals surface area contributed by atoms with Crippen LogP contribution in [0.3, 0.4) is 0 Å². The van der Waals surface area contributed by atoms with E-state index in [1.807, 2.05) is 38.2 Å². The highest BCUT2D eigenvalue weighted by Crippen LogP contribution is 2.29. The fourth-order valence-corrected chi connectivity index (χ4v) is 5.48. The van der Waals surface area contributed by atoms with Crippen LogP contribution in [0, 0.1) is 0 Å². The van der Waals surface area contributed by atoms with E-state index >= 15 is 0 Å². The summed E-state index contributed by atoms with van der Waals surface area (Å²) in [4.78, 5) is 2.02. The Morgan fingerprint density at radius 2 is 1.96 bits per heavy atom. The molecule has 0 saturated heterocycles. The molecular weight excluding hydrogens is 378 g/mol. The van der Waals surface area contributed by atoms with Crippen LogP contribution in [0.1, 0.15) is 11.6 Å². The van der Waals surface area contributed by atoms with Crippen LogP contribution in [0.2, 0.25) is 4.34 Å². The molecular formula is C17H20ClN3O2S2. The first kappa shape index (κ1) is 18.4. The smallest absolute Gasteiger partial charge is 0.250 e. The summed E-state index contributed by atoms with van der Waals surface area (Å²) in [7, 11) is 2.32. The predicted molar refractivity (Wildman–Crippen MR) is 104 cm³/mol. The zero-order valence-corrected chi connectivity index (χ0v) is 16.6. The van der Waals surface area contributed by atoms with Gasteiger partial charge in [-0.25, -0.2) is 13.1 Å². The van der Waals surface area contributed by atoms with Crippen molar-refractivity contribution in [3.63, 3.8) is 0 Å². The third kappa shape index (κ3) is 3.75. The van der Waals surface area contributed by atoms with Crippen LogP contribution in [0.4, 0.5) is 0 Å². The maximum Gasteiger partial charge on any atom is 0.250 e. The molecule has 0 fully saturated rings. The van der Waals surface area contributed by atoms with E-state index in [0.717, 1.165) is 27.8 Å². The number of para-hydroxylation sites is 1. The van der Waals surface area contributed by atoms with Crippen LogP contribution in [-0.4, -0.2) is 38.5 Å². The Kier molecular flexibility index (Phi) is 5.22. The number of aromatic nitrogens is 1. The van der Waals surface area contributed by atoms with Gasteiger partial charge in [0.2, 0.25) is 10.0 Å². The maximum atomic E-state index is 12.5. The SMILES string of the molecule is CN(C)C(CNS(=O)(=O)c1ccc(Cl)s1)c1cn(C)c2ccccc12. The largest absolute Gasteiger partial charge is 0.350 e. The highest BCUT2D eigenvalue weighted by Gasteiger charge is 2.23. The monoisotopic (exact) mass is 397 g/mol. The van der Waals surface area contributed by atoms with Gasteiger partial charge in [0.25, 0.3) is 0 Å². The van der Waals surface area contributed by atoms with Crippen LogP contribution in [0.25, 0.3) is 10.9 Å². The van der Waals surface area contributed by atoms with Gasteiger partial charge in [-0.3, -0.25) is 0 Å². The van der Waals surface area contributed by atoms with Crippen LogP contribution in [-0.2, 0) is 17.1 Å². The number of hydrogen-bond donors (Lipinski definition) is 1. The number of benzene rings is 1. The van der Waals surface area contributed by atoms with Crippen molar-refractivity contribution in [2.45, 2.75) is 10.3 Å². The molecule has 0 aliphatic carbocycles. The third-order valence-electron chi connectivity index (χ3n) is 4.19. The molecule has 2 heterocycles. The van der Waals surface area contributed by atoms with E-state index < -0.39 is 10.0 Å². The lowest BCUT2D eigenvalue weighted by molar-refractivity contribution is 0.301. The van der Waals surface area contributed by atoms with Crippen molar-refractivity contribution in [1.82, 2.24) is 14.2 Å². The molecule has 0 saturated carbocycles. The maximum absolute atomic E-state index is 12.5. The number of thiophene rings is 1. The Labute approximate surface area is 156 Å². The van der Waals surface area contributed by atoms with Crippen molar-refractivity contribution in [3.8, 4) is 0 Å². The second-order valence-corrected chi connectivity index (χ2v) is 9.81. The molecule has 8 heteroatoms. The number of likely N-dealkylation sites (N-methyl/N-ethyl adjacent to an activating group) is 1. The highest BCUT2D eigenvalue weighted by molar-refractivity contribution is 7.91. The molecule has 0 radical (unpaired) electrons. The van der Waals surface area contributed by atoms with Gasteiger partial charge < -0.3 is 9.47 Å². The Morgan fingerprint density at radius 1 is 1.24 bits per heavy atom. The fourth-order valence-electron chi connectivity index (χ4n) is 2.91. The average Bonchev–Trinajstić information content (AvgIpc) is 3.13. The van der Waals surface area contributed by atoms with E-state index in [4.69, 9.17) is 11.6 Å². The van der Waals surface area contributed by atoms with Gasteiger partial charge in [0.1, 0.15) is 4.21 Å². The Hall–Kier alpha value is -1.38. The van der Waals surface area contributed by atoms with Gasteiger partial charge in [-0.1, -0.05) is 29.8 Å². The molecule has 1 unspecified atom stereocenters. The van der Waals surface area contributed by atoms with Gasteiger partial charge in [0.15, 0.2) is 0 Å². The van der Waals surface area contributed by atoms with E-state index in [9.17, 15) is 8.42 Å². The molecule has 0 bridgehead atoms. The van der Waals surface area contributed by atoms with Crippen molar-refractivity contribution in [3.05, 3.63) is 52.5 Å². The summed E-state index contributed by atoms with van der Waals surface area (Å²) in [6.45, 7) is 0.277.